The molecule has 2 nitrogen and oxygen atoms in total. The van der Waals surface area contributed by atoms with Crippen LogP contribution < -0.4 is 5.46 Å². The van der Waals surface area contributed by atoms with Crippen molar-refractivity contribution in [1.82, 2.24) is 0 Å². The summed E-state index contributed by atoms with van der Waals surface area (Å²) in [7, 11) is -1.69. The zero-order valence-electron chi connectivity index (χ0n) is 14.3. The second kappa shape index (κ2) is 7.67. The van der Waals surface area contributed by atoms with Crippen LogP contribution in [0.25, 0.3) is 11.1 Å². The molecule has 0 saturated heterocycles. The largest absolute Gasteiger partial charge is 0.489 e. The predicted molar refractivity (Wildman–Crippen MR) is 97.5 cm³/mol. The van der Waals surface area contributed by atoms with Gasteiger partial charge in [-0.25, -0.2) is 8.78 Å². The molecule has 2 aromatic rings. The first-order valence-electron chi connectivity index (χ1n) is 8.86. The van der Waals surface area contributed by atoms with Crippen LogP contribution in [0, 0.1) is 0 Å². The number of rotatable bonds is 4. The highest BCUT2D eigenvalue weighted by atomic mass is 19.1. The average molecular weight is 344 g/mol. The predicted octanol–water partition coefficient (Wildman–Crippen LogP) is 3.54. The lowest BCUT2D eigenvalue weighted by atomic mass is 9.67. The Labute approximate surface area is 147 Å². The van der Waals surface area contributed by atoms with Gasteiger partial charge in [0.15, 0.2) is 0 Å². The van der Waals surface area contributed by atoms with Crippen molar-refractivity contribution in [2.45, 2.75) is 50.9 Å². The standard InChI is InChI=1S/C20H23BF2O2/c1-2-13-6-8-14(9-7-13)18-4-3-5-19(20(18)21(24)25)15-10-16(22)12-17(23)11-15/h3-9,15-17,24-25H,2,10-12H2,1H3. The molecule has 1 aliphatic carbocycles. The van der Waals surface area contributed by atoms with Gasteiger partial charge in [-0.1, -0.05) is 49.4 Å². The van der Waals surface area contributed by atoms with Crippen molar-refractivity contribution in [3.8, 4) is 11.1 Å². The molecule has 132 valence electrons. The van der Waals surface area contributed by atoms with Crippen LogP contribution in [-0.2, 0) is 6.42 Å². The van der Waals surface area contributed by atoms with Gasteiger partial charge in [-0.2, -0.15) is 0 Å². The van der Waals surface area contributed by atoms with E-state index in [-0.39, 0.29) is 25.2 Å². The molecule has 25 heavy (non-hydrogen) atoms. The molecule has 5 heteroatoms. The Morgan fingerprint density at radius 3 is 2.16 bits per heavy atom. The number of aryl methyl sites for hydroxylation is 1. The quantitative estimate of drug-likeness (QED) is 0.833. The Bertz CT molecular complexity index is 708. The van der Waals surface area contributed by atoms with Crippen LogP contribution in [0.5, 0.6) is 0 Å². The first kappa shape index (κ1) is 18.1. The second-order valence-electron chi connectivity index (χ2n) is 6.83. The van der Waals surface area contributed by atoms with E-state index in [0.29, 0.717) is 16.6 Å². The minimum atomic E-state index is -1.69. The maximum atomic E-state index is 13.8. The van der Waals surface area contributed by atoms with E-state index in [1.165, 1.54) is 5.56 Å². The lowest BCUT2D eigenvalue weighted by Crippen LogP contribution is -2.37. The lowest BCUT2D eigenvalue weighted by Gasteiger charge is -2.30. The summed E-state index contributed by atoms with van der Waals surface area (Å²) in [4.78, 5) is 0. The molecule has 2 unspecified atom stereocenters. The van der Waals surface area contributed by atoms with Crippen LogP contribution in [0.4, 0.5) is 8.78 Å². The Morgan fingerprint density at radius 2 is 1.60 bits per heavy atom. The first-order valence-corrected chi connectivity index (χ1v) is 8.86. The van der Waals surface area contributed by atoms with Crippen LogP contribution in [0.15, 0.2) is 42.5 Å². The number of halogens is 2. The smallest absolute Gasteiger partial charge is 0.423 e. The van der Waals surface area contributed by atoms with E-state index >= 15 is 0 Å². The van der Waals surface area contributed by atoms with E-state index in [1.807, 2.05) is 36.4 Å². The molecule has 0 radical (unpaired) electrons. The van der Waals surface area contributed by atoms with Gasteiger partial charge in [-0.05, 0) is 52.9 Å². The minimum absolute atomic E-state index is 0.0638. The molecule has 2 atom stereocenters. The summed E-state index contributed by atoms with van der Waals surface area (Å²) in [6.45, 7) is 2.07. The van der Waals surface area contributed by atoms with E-state index in [2.05, 4.69) is 6.92 Å². The van der Waals surface area contributed by atoms with Crippen molar-refractivity contribution in [2.24, 2.45) is 0 Å². The molecule has 1 aliphatic rings. The fourth-order valence-corrected chi connectivity index (χ4v) is 3.84. The van der Waals surface area contributed by atoms with Crippen molar-refractivity contribution < 1.29 is 18.8 Å². The van der Waals surface area contributed by atoms with Gasteiger partial charge in [0.2, 0.25) is 0 Å². The monoisotopic (exact) mass is 344 g/mol. The number of hydrogen-bond acceptors (Lipinski definition) is 2. The van der Waals surface area contributed by atoms with E-state index in [1.54, 1.807) is 6.07 Å². The maximum absolute atomic E-state index is 13.8. The van der Waals surface area contributed by atoms with E-state index in [9.17, 15) is 18.8 Å². The van der Waals surface area contributed by atoms with Gasteiger partial charge >= 0.3 is 7.12 Å². The van der Waals surface area contributed by atoms with Gasteiger partial charge in [-0.15, -0.1) is 0 Å². The van der Waals surface area contributed by atoms with Crippen LogP contribution in [0.1, 0.15) is 43.2 Å². The normalized spacial score (nSPS) is 23.5. The minimum Gasteiger partial charge on any atom is -0.423 e. The van der Waals surface area contributed by atoms with Gasteiger partial charge in [0.1, 0.15) is 12.3 Å². The van der Waals surface area contributed by atoms with Crippen LogP contribution in [0.3, 0.4) is 0 Å². The molecule has 0 bridgehead atoms. The van der Waals surface area contributed by atoms with Crippen molar-refractivity contribution in [3.05, 3.63) is 53.6 Å². The average Bonchev–Trinajstić information content (AvgIpc) is 2.60. The summed E-state index contributed by atoms with van der Waals surface area (Å²) in [5.41, 5.74) is 3.76. The third-order valence-corrected chi connectivity index (χ3v) is 5.10. The van der Waals surface area contributed by atoms with E-state index in [4.69, 9.17) is 0 Å². The summed E-state index contributed by atoms with van der Waals surface area (Å²) in [6, 6.07) is 13.3. The van der Waals surface area contributed by atoms with Crippen LogP contribution >= 0.6 is 0 Å². The fraction of sp³-hybridized carbons (Fsp3) is 0.400. The van der Waals surface area contributed by atoms with Crippen LogP contribution in [0.2, 0.25) is 0 Å². The number of alkyl halides is 2. The molecule has 0 heterocycles. The first-order chi connectivity index (χ1) is 12.0. The van der Waals surface area contributed by atoms with Crippen molar-refractivity contribution in [1.29, 1.82) is 0 Å². The molecule has 0 spiro atoms. The van der Waals surface area contributed by atoms with Crippen molar-refractivity contribution in [3.63, 3.8) is 0 Å². The third kappa shape index (κ3) is 3.93. The molecule has 1 saturated carbocycles. The Hall–Kier alpha value is -1.72. The van der Waals surface area contributed by atoms with Crippen LogP contribution in [-0.4, -0.2) is 29.5 Å². The highest BCUT2D eigenvalue weighted by Crippen LogP contribution is 2.36. The number of benzene rings is 2. The van der Waals surface area contributed by atoms with Crippen molar-refractivity contribution in [2.75, 3.05) is 0 Å². The molecule has 0 aliphatic heterocycles. The van der Waals surface area contributed by atoms with Gasteiger partial charge in [-0.3, -0.25) is 0 Å². The second-order valence-corrected chi connectivity index (χ2v) is 6.83. The molecule has 2 aromatic carbocycles. The Balaban J connectivity index is 2.05. The molecule has 0 amide bonds. The summed E-state index contributed by atoms with van der Waals surface area (Å²) in [6.07, 6.45) is -1.08. The molecule has 0 aromatic heterocycles. The number of hydrogen-bond donors (Lipinski definition) is 2. The van der Waals surface area contributed by atoms with Gasteiger partial charge in [0.05, 0.1) is 0 Å². The summed E-state index contributed by atoms with van der Waals surface area (Å²) < 4.78 is 27.7. The Kier molecular flexibility index (Phi) is 5.55. The van der Waals surface area contributed by atoms with E-state index in [0.717, 1.165) is 12.0 Å². The highest BCUT2D eigenvalue weighted by molar-refractivity contribution is 6.61. The molecular weight excluding hydrogens is 321 g/mol. The molecule has 2 N–H and O–H groups in total. The molecule has 3 rings (SSSR count). The summed E-state index contributed by atoms with van der Waals surface area (Å²) in [5, 5.41) is 20.0. The Morgan fingerprint density at radius 1 is 0.960 bits per heavy atom. The van der Waals surface area contributed by atoms with Gasteiger partial charge in [0, 0.05) is 6.42 Å². The topological polar surface area (TPSA) is 40.5 Å². The zero-order valence-corrected chi connectivity index (χ0v) is 14.3. The fourth-order valence-electron chi connectivity index (χ4n) is 3.84. The molecular formula is C20H23BF2O2. The SMILES string of the molecule is CCc1ccc(-c2cccc(C3CC(F)CC(F)C3)c2B(O)O)cc1. The summed E-state index contributed by atoms with van der Waals surface area (Å²) in [5.74, 6) is -0.342. The highest BCUT2D eigenvalue weighted by Gasteiger charge is 2.33. The third-order valence-electron chi connectivity index (χ3n) is 5.10. The van der Waals surface area contributed by atoms with Gasteiger partial charge < -0.3 is 10.0 Å². The lowest BCUT2D eigenvalue weighted by molar-refractivity contribution is 0.142. The van der Waals surface area contributed by atoms with Gasteiger partial charge in [0.25, 0.3) is 0 Å². The zero-order chi connectivity index (χ0) is 18.0. The summed E-state index contributed by atoms with van der Waals surface area (Å²) >= 11 is 0. The van der Waals surface area contributed by atoms with Crippen molar-refractivity contribution >= 4 is 12.6 Å². The molecule has 1 fully saturated rings. The maximum Gasteiger partial charge on any atom is 0.489 e. The van der Waals surface area contributed by atoms with E-state index < -0.39 is 19.5 Å².